The van der Waals surface area contributed by atoms with E-state index in [0.29, 0.717) is 5.82 Å². The van der Waals surface area contributed by atoms with Crippen molar-refractivity contribution >= 4 is 10.8 Å². The fraction of sp³-hybridized carbons (Fsp3) is 0. The normalized spacial score (nSPS) is 10.9. The van der Waals surface area contributed by atoms with Crippen molar-refractivity contribution in [2.24, 2.45) is 0 Å². The van der Waals surface area contributed by atoms with Crippen molar-refractivity contribution in [1.29, 1.82) is 0 Å². The van der Waals surface area contributed by atoms with Gasteiger partial charge in [0.15, 0.2) is 5.82 Å². The van der Waals surface area contributed by atoms with E-state index in [-0.39, 0.29) is 5.69 Å². The fourth-order valence-corrected chi connectivity index (χ4v) is 2.62. The number of aromatic amines is 1. The third-order valence-corrected chi connectivity index (χ3v) is 3.66. The molecule has 0 saturated heterocycles. The summed E-state index contributed by atoms with van der Waals surface area (Å²) in [7, 11) is 0. The lowest BCUT2D eigenvalue weighted by atomic mass is 10.0. The standard InChI is InChI=1S/C18H13N3O/c22-18-19-17(20-21(18)14-9-2-1-3-10-14)16-12-6-8-13-7-4-5-11-15(13)16/h1-12H,(H,19,20,22). The highest BCUT2D eigenvalue weighted by Gasteiger charge is 2.11. The first-order chi connectivity index (χ1) is 10.8. The zero-order chi connectivity index (χ0) is 14.9. The van der Waals surface area contributed by atoms with Gasteiger partial charge in [-0.25, -0.2) is 4.79 Å². The molecule has 0 spiro atoms. The zero-order valence-electron chi connectivity index (χ0n) is 11.7. The lowest BCUT2D eigenvalue weighted by Crippen LogP contribution is -2.15. The Bertz CT molecular complexity index is 994. The second kappa shape index (κ2) is 5.00. The van der Waals surface area contributed by atoms with E-state index in [0.717, 1.165) is 22.0 Å². The van der Waals surface area contributed by atoms with Gasteiger partial charge >= 0.3 is 5.69 Å². The summed E-state index contributed by atoms with van der Waals surface area (Å²) >= 11 is 0. The van der Waals surface area contributed by atoms with Crippen LogP contribution in [0.5, 0.6) is 0 Å². The molecule has 0 fully saturated rings. The number of hydrogen-bond acceptors (Lipinski definition) is 2. The quantitative estimate of drug-likeness (QED) is 0.614. The maximum absolute atomic E-state index is 12.2. The maximum Gasteiger partial charge on any atom is 0.348 e. The van der Waals surface area contributed by atoms with Gasteiger partial charge in [0, 0.05) is 5.56 Å². The zero-order valence-corrected chi connectivity index (χ0v) is 11.7. The van der Waals surface area contributed by atoms with E-state index in [2.05, 4.69) is 10.1 Å². The number of para-hydroxylation sites is 1. The molecule has 1 aromatic heterocycles. The number of hydrogen-bond donors (Lipinski definition) is 1. The maximum atomic E-state index is 12.2. The Morgan fingerprint density at radius 3 is 2.41 bits per heavy atom. The molecule has 0 bridgehead atoms. The molecule has 1 N–H and O–H groups in total. The molecule has 4 aromatic rings. The molecular formula is C18H13N3O. The van der Waals surface area contributed by atoms with Gasteiger partial charge in [-0.2, -0.15) is 4.68 Å². The molecule has 0 saturated carbocycles. The number of benzene rings is 3. The average molecular weight is 287 g/mol. The third-order valence-electron chi connectivity index (χ3n) is 3.66. The molecule has 22 heavy (non-hydrogen) atoms. The molecular weight excluding hydrogens is 274 g/mol. The first-order valence-electron chi connectivity index (χ1n) is 7.06. The molecule has 3 aromatic carbocycles. The molecule has 4 nitrogen and oxygen atoms in total. The van der Waals surface area contributed by atoms with Gasteiger partial charge < -0.3 is 0 Å². The number of aromatic nitrogens is 3. The summed E-state index contributed by atoms with van der Waals surface area (Å²) in [6, 6.07) is 23.4. The van der Waals surface area contributed by atoms with E-state index in [1.807, 2.05) is 72.8 Å². The van der Waals surface area contributed by atoms with E-state index in [4.69, 9.17) is 0 Å². The highest BCUT2D eigenvalue weighted by Crippen LogP contribution is 2.25. The summed E-state index contributed by atoms with van der Waals surface area (Å²) < 4.78 is 1.39. The molecule has 1 heterocycles. The topological polar surface area (TPSA) is 50.7 Å². The molecule has 4 rings (SSSR count). The summed E-state index contributed by atoms with van der Waals surface area (Å²) in [5.41, 5.74) is 1.43. The van der Waals surface area contributed by atoms with Gasteiger partial charge in [0.1, 0.15) is 0 Å². The van der Waals surface area contributed by atoms with Crippen LogP contribution in [-0.2, 0) is 0 Å². The van der Waals surface area contributed by atoms with Crippen molar-refractivity contribution in [1.82, 2.24) is 14.8 Å². The number of fused-ring (bicyclic) bond motifs is 1. The van der Waals surface area contributed by atoms with Gasteiger partial charge in [0.05, 0.1) is 5.69 Å². The first-order valence-corrected chi connectivity index (χ1v) is 7.06. The van der Waals surface area contributed by atoms with Crippen LogP contribution in [0.1, 0.15) is 0 Å². The van der Waals surface area contributed by atoms with Gasteiger partial charge in [-0.05, 0) is 22.9 Å². The molecule has 106 valence electrons. The van der Waals surface area contributed by atoms with Crippen LogP contribution >= 0.6 is 0 Å². The number of nitrogens with zero attached hydrogens (tertiary/aromatic N) is 2. The van der Waals surface area contributed by atoms with Crippen LogP contribution < -0.4 is 5.69 Å². The largest absolute Gasteiger partial charge is 0.348 e. The van der Waals surface area contributed by atoms with E-state index >= 15 is 0 Å². The van der Waals surface area contributed by atoms with Crippen molar-refractivity contribution in [3.8, 4) is 17.1 Å². The Morgan fingerprint density at radius 1 is 0.818 bits per heavy atom. The number of rotatable bonds is 2. The monoisotopic (exact) mass is 287 g/mol. The smallest absolute Gasteiger partial charge is 0.288 e. The molecule has 0 aliphatic carbocycles. The minimum Gasteiger partial charge on any atom is -0.288 e. The van der Waals surface area contributed by atoms with Crippen molar-refractivity contribution in [3.63, 3.8) is 0 Å². The first kappa shape index (κ1) is 12.6. The van der Waals surface area contributed by atoms with Crippen LogP contribution in [0.15, 0.2) is 77.6 Å². The van der Waals surface area contributed by atoms with Gasteiger partial charge in [-0.3, -0.25) is 4.98 Å². The summed E-state index contributed by atoms with van der Waals surface area (Å²) in [6.07, 6.45) is 0. The summed E-state index contributed by atoms with van der Waals surface area (Å²) in [5, 5.41) is 6.64. The molecule has 0 amide bonds. The fourth-order valence-electron chi connectivity index (χ4n) is 2.62. The van der Waals surface area contributed by atoms with E-state index < -0.39 is 0 Å². The Morgan fingerprint density at radius 2 is 1.55 bits per heavy atom. The Labute approximate surface area is 126 Å². The molecule has 0 unspecified atom stereocenters. The van der Waals surface area contributed by atoms with E-state index in [1.165, 1.54) is 4.68 Å². The predicted octanol–water partition coefficient (Wildman–Crippen LogP) is 3.38. The van der Waals surface area contributed by atoms with Gasteiger partial charge in [0.25, 0.3) is 0 Å². The van der Waals surface area contributed by atoms with Crippen LogP contribution in [0, 0.1) is 0 Å². The third kappa shape index (κ3) is 2.02. The minimum absolute atomic E-state index is 0.242. The second-order valence-corrected chi connectivity index (χ2v) is 5.05. The number of nitrogens with one attached hydrogen (secondary N) is 1. The Balaban J connectivity index is 1.92. The Kier molecular flexibility index (Phi) is 2.86. The number of H-pyrrole nitrogens is 1. The van der Waals surface area contributed by atoms with Crippen molar-refractivity contribution in [2.45, 2.75) is 0 Å². The molecule has 4 heteroatoms. The van der Waals surface area contributed by atoms with Gasteiger partial charge in [0.2, 0.25) is 0 Å². The van der Waals surface area contributed by atoms with E-state index in [1.54, 1.807) is 0 Å². The minimum atomic E-state index is -0.242. The van der Waals surface area contributed by atoms with Crippen molar-refractivity contribution in [2.75, 3.05) is 0 Å². The summed E-state index contributed by atoms with van der Waals surface area (Å²) in [6.45, 7) is 0. The second-order valence-electron chi connectivity index (χ2n) is 5.05. The van der Waals surface area contributed by atoms with Crippen LogP contribution in [0.3, 0.4) is 0 Å². The molecule has 0 atom stereocenters. The van der Waals surface area contributed by atoms with E-state index in [9.17, 15) is 4.79 Å². The molecule has 0 aliphatic heterocycles. The predicted molar refractivity (Wildman–Crippen MR) is 87.1 cm³/mol. The molecule has 0 radical (unpaired) electrons. The molecule has 0 aliphatic rings. The summed E-state index contributed by atoms with van der Waals surface area (Å²) in [5.74, 6) is 0.575. The highest BCUT2D eigenvalue weighted by molar-refractivity contribution is 5.94. The van der Waals surface area contributed by atoms with Crippen molar-refractivity contribution < 1.29 is 0 Å². The lowest BCUT2D eigenvalue weighted by Gasteiger charge is -2.03. The van der Waals surface area contributed by atoms with Crippen LogP contribution in [0.2, 0.25) is 0 Å². The van der Waals surface area contributed by atoms with Crippen LogP contribution in [0.4, 0.5) is 0 Å². The van der Waals surface area contributed by atoms with Crippen molar-refractivity contribution in [3.05, 3.63) is 83.3 Å². The highest BCUT2D eigenvalue weighted by atomic mass is 16.1. The van der Waals surface area contributed by atoms with Gasteiger partial charge in [-0.15, -0.1) is 5.10 Å². The Hall–Kier alpha value is -3.14. The van der Waals surface area contributed by atoms with Gasteiger partial charge in [-0.1, -0.05) is 60.7 Å². The van der Waals surface area contributed by atoms with Crippen LogP contribution in [0.25, 0.3) is 27.8 Å². The lowest BCUT2D eigenvalue weighted by molar-refractivity contribution is 0.845. The SMILES string of the molecule is O=c1[nH]c(-c2cccc3ccccc23)nn1-c1ccccc1. The van der Waals surface area contributed by atoms with Crippen LogP contribution in [-0.4, -0.2) is 14.8 Å². The summed E-state index contributed by atoms with van der Waals surface area (Å²) in [4.78, 5) is 15.0. The average Bonchev–Trinajstić information content (AvgIpc) is 2.97.